The van der Waals surface area contributed by atoms with Crippen molar-refractivity contribution in [3.05, 3.63) is 68.4 Å². The van der Waals surface area contributed by atoms with Gasteiger partial charge in [0, 0.05) is 30.0 Å². The van der Waals surface area contributed by atoms with Gasteiger partial charge in [0.1, 0.15) is 11.5 Å². The number of benzene rings is 1. The summed E-state index contributed by atoms with van der Waals surface area (Å²) in [7, 11) is 0. The molecule has 0 bridgehead atoms. The zero-order valence-corrected chi connectivity index (χ0v) is 19.1. The minimum atomic E-state index is 0.165. The van der Waals surface area contributed by atoms with Crippen molar-refractivity contribution in [2.75, 3.05) is 13.1 Å². The molecule has 5 nitrogen and oxygen atoms in total. The van der Waals surface area contributed by atoms with Crippen LogP contribution in [0, 0.1) is 13.8 Å². The van der Waals surface area contributed by atoms with E-state index in [0.29, 0.717) is 5.92 Å². The second-order valence-corrected chi connectivity index (χ2v) is 9.70. The SMILES string of the molecule is Cc1ccsc1C(=O)N1CCC(c2nc(-c3c(-c4ccccc4)noc3C)cs2)CC1. The van der Waals surface area contributed by atoms with Gasteiger partial charge in [-0.1, -0.05) is 35.5 Å². The quantitative estimate of drug-likeness (QED) is 0.374. The third kappa shape index (κ3) is 3.83. The van der Waals surface area contributed by atoms with Gasteiger partial charge in [0.05, 0.1) is 21.1 Å². The van der Waals surface area contributed by atoms with Gasteiger partial charge >= 0.3 is 0 Å². The number of carbonyl (C=O) groups excluding carboxylic acids is 1. The fourth-order valence-electron chi connectivity index (χ4n) is 4.12. The number of aryl methyl sites for hydroxylation is 2. The lowest BCUT2D eigenvalue weighted by atomic mass is 9.97. The molecule has 0 spiro atoms. The molecule has 3 aromatic heterocycles. The van der Waals surface area contributed by atoms with E-state index in [9.17, 15) is 4.79 Å². The first-order valence-corrected chi connectivity index (χ1v) is 12.2. The molecule has 1 aromatic carbocycles. The van der Waals surface area contributed by atoms with E-state index in [0.717, 1.165) is 69.7 Å². The average molecular weight is 450 g/mol. The predicted molar refractivity (Wildman–Crippen MR) is 125 cm³/mol. The molecule has 158 valence electrons. The van der Waals surface area contributed by atoms with E-state index in [2.05, 4.69) is 10.5 Å². The van der Waals surface area contributed by atoms with Crippen molar-refractivity contribution in [3.8, 4) is 22.5 Å². The van der Waals surface area contributed by atoms with Crippen LogP contribution in [0.4, 0.5) is 0 Å². The lowest BCUT2D eigenvalue weighted by molar-refractivity contribution is 0.0717. The van der Waals surface area contributed by atoms with E-state index in [4.69, 9.17) is 9.51 Å². The number of aromatic nitrogens is 2. The molecule has 0 N–H and O–H groups in total. The Morgan fingerprint density at radius 2 is 1.87 bits per heavy atom. The van der Waals surface area contributed by atoms with Crippen LogP contribution in [0.15, 0.2) is 51.7 Å². The average Bonchev–Trinajstić information content (AvgIpc) is 3.54. The van der Waals surface area contributed by atoms with Crippen LogP contribution in [-0.4, -0.2) is 34.0 Å². The highest BCUT2D eigenvalue weighted by Gasteiger charge is 2.28. The smallest absolute Gasteiger partial charge is 0.264 e. The molecule has 1 aliphatic heterocycles. The Kier molecular flexibility index (Phi) is 5.46. The zero-order chi connectivity index (χ0) is 21.4. The van der Waals surface area contributed by atoms with E-state index in [-0.39, 0.29) is 5.91 Å². The Hall–Kier alpha value is -2.77. The highest BCUT2D eigenvalue weighted by atomic mass is 32.1. The van der Waals surface area contributed by atoms with Crippen LogP contribution in [0.25, 0.3) is 22.5 Å². The van der Waals surface area contributed by atoms with E-state index >= 15 is 0 Å². The number of nitrogens with zero attached hydrogens (tertiary/aromatic N) is 3. The van der Waals surface area contributed by atoms with Gasteiger partial charge in [-0.2, -0.15) is 0 Å². The maximum atomic E-state index is 12.8. The summed E-state index contributed by atoms with van der Waals surface area (Å²) >= 11 is 3.23. The molecule has 0 atom stereocenters. The van der Waals surface area contributed by atoms with Gasteiger partial charge in [0.2, 0.25) is 0 Å². The minimum Gasteiger partial charge on any atom is -0.360 e. The second kappa shape index (κ2) is 8.40. The number of hydrogen-bond donors (Lipinski definition) is 0. The van der Waals surface area contributed by atoms with Crippen LogP contribution in [0.3, 0.4) is 0 Å². The van der Waals surface area contributed by atoms with Gasteiger partial charge in [-0.05, 0) is 43.7 Å². The summed E-state index contributed by atoms with van der Waals surface area (Å²) in [5.41, 5.74) is 4.82. The summed E-state index contributed by atoms with van der Waals surface area (Å²) in [6.07, 6.45) is 1.88. The lowest BCUT2D eigenvalue weighted by Gasteiger charge is -2.31. The molecule has 4 aromatic rings. The Morgan fingerprint density at radius 1 is 1.10 bits per heavy atom. The van der Waals surface area contributed by atoms with E-state index in [1.54, 1.807) is 11.3 Å². The van der Waals surface area contributed by atoms with Crippen LogP contribution in [0.1, 0.15) is 44.8 Å². The molecule has 0 saturated carbocycles. The first kappa shape index (κ1) is 20.2. The summed E-state index contributed by atoms with van der Waals surface area (Å²) in [5, 5.41) is 9.52. The van der Waals surface area contributed by atoms with Crippen LogP contribution in [0.2, 0.25) is 0 Å². The molecule has 1 saturated heterocycles. The summed E-state index contributed by atoms with van der Waals surface area (Å²) in [6, 6.07) is 12.1. The Bertz CT molecular complexity index is 1200. The Morgan fingerprint density at radius 3 is 2.58 bits per heavy atom. The number of thiophene rings is 1. The summed E-state index contributed by atoms with van der Waals surface area (Å²) in [6.45, 7) is 5.49. The molecule has 31 heavy (non-hydrogen) atoms. The third-order valence-electron chi connectivity index (χ3n) is 5.88. The monoisotopic (exact) mass is 449 g/mol. The summed E-state index contributed by atoms with van der Waals surface area (Å²) in [4.78, 5) is 20.6. The largest absolute Gasteiger partial charge is 0.360 e. The first-order chi connectivity index (χ1) is 15.1. The van der Waals surface area contributed by atoms with E-state index < -0.39 is 0 Å². The summed E-state index contributed by atoms with van der Waals surface area (Å²) < 4.78 is 5.52. The molecule has 0 aliphatic carbocycles. The van der Waals surface area contributed by atoms with Crippen LogP contribution >= 0.6 is 22.7 Å². The minimum absolute atomic E-state index is 0.165. The topological polar surface area (TPSA) is 59.2 Å². The third-order valence-corrected chi connectivity index (χ3v) is 7.89. The number of carbonyl (C=O) groups is 1. The maximum absolute atomic E-state index is 12.8. The molecule has 1 aliphatic rings. The molecular weight excluding hydrogens is 426 g/mol. The van der Waals surface area contributed by atoms with Crippen molar-refractivity contribution in [2.45, 2.75) is 32.6 Å². The van der Waals surface area contributed by atoms with Crippen LogP contribution < -0.4 is 0 Å². The number of piperidine rings is 1. The van der Waals surface area contributed by atoms with Gasteiger partial charge in [-0.25, -0.2) is 4.98 Å². The van der Waals surface area contributed by atoms with Crippen LogP contribution in [0.5, 0.6) is 0 Å². The number of likely N-dealkylation sites (tertiary alicyclic amines) is 1. The molecule has 1 fully saturated rings. The van der Waals surface area contributed by atoms with Crippen molar-refractivity contribution in [2.24, 2.45) is 0 Å². The second-order valence-electron chi connectivity index (χ2n) is 7.90. The first-order valence-electron chi connectivity index (χ1n) is 10.4. The maximum Gasteiger partial charge on any atom is 0.264 e. The van der Waals surface area contributed by atoms with Gasteiger partial charge in [-0.3, -0.25) is 4.79 Å². The van der Waals surface area contributed by atoms with Gasteiger partial charge in [-0.15, -0.1) is 22.7 Å². The molecule has 1 amide bonds. The van der Waals surface area contributed by atoms with E-state index in [1.807, 2.05) is 60.5 Å². The normalized spacial score (nSPS) is 14.8. The molecular formula is C24H23N3O2S2. The fraction of sp³-hybridized carbons (Fsp3) is 0.292. The number of amides is 1. The number of hydrogen-bond acceptors (Lipinski definition) is 6. The van der Waals surface area contributed by atoms with Crippen molar-refractivity contribution >= 4 is 28.6 Å². The predicted octanol–water partition coefficient (Wildman–Crippen LogP) is 6.16. The van der Waals surface area contributed by atoms with Crippen LogP contribution in [-0.2, 0) is 0 Å². The zero-order valence-electron chi connectivity index (χ0n) is 17.5. The highest BCUT2D eigenvalue weighted by Crippen LogP contribution is 2.38. The molecule has 4 heterocycles. The van der Waals surface area contributed by atoms with Crippen molar-refractivity contribution < 1.29 is 9.32 Å². The summed E-state index contributed by atoms with van der Waals surface area (Å²) in [5.74, 6) is 1.33. The van der Waals surface area contributed by atoms with Gasteiger partial charge in [0.15, 0.2) is 0 Å². The Labute approximate surface area is 189 Å². The van der Waals surface area contributed by atoms with Gasteiger partial charge in [0.25, 0.3) is 5.91 Å². The van der Waals surface area contributed by atoms with Gasteiger partial charge < -0.3 is 9.42 Å². The lowest BCUT2D eigenvalue weighted by Crippen LogP contribution is -2.37. The van der Waals surface area contributed by atoms with Crippen molar-refractivity contribution in [3.63, 3.8) is 0 Å². The highest BCUT2D eigenvalue weighted by molar-refractivity contribution is 7.12. The van der Waals surface area contributed by atoms with Crippen molar-refractivity contribution in [1.29, 1.82) is 0 Å². The number of thiazole rings is 1. The molecule has 0 radical (unpaired) electrons. The standard InChI is InChI=1S/C24H23N3O2S2/c1-15-10-13-30-22(15)24(28)27-11-8-18(9-12-27)23-25-19(14-31-23)20-16(2)29-26-21(20)17-6-4-3-5-7-17/h3-7,10,13-14,18H,8-9,11-12H2,1-2H3. The fourth-order valence-corrected chi connectivity index (χ4v) is 6.00. The van der Waals surface area contributed by atoms with E-state index in [1.165, 1.54) is 11.3 Å². The van der Waals surface area contributed by atoms with Crippen molar-refractivity contribution in [1.82, 2.24) is 15.0 Å². The molecule has 5 rings (SSSR count). The Balaban J connectivity index is 1.32. The number of rotatable bonds is 4. The molecule has 7 heteroatoms. The molecule has 0 unspecified atom stereocenters.